The summed E-state index contributed by atoms with van der Waals surface area (Å²) in [6.45, 7) is 1.64. The summed E-state index contributed by atoms with van der Waals surface area (Å²) < 4.78 is 29.1. The van der Waals surface area contributed by atoms with Gasteiger partial charge >= 0.3 is 12.0 Å². The van der Waals surface area contributed by atoms with Crippen LogP contribution in [0.2, 0.25) is 10.0 Å². The number of aromatic nitrogens is 13. The second-order valence-corrected chi connectivity index (χ2v) is 28.5. The highest BCUT2D eigenvalue weighted by atomic mass is 35.5. The van der Waals surface area contributed by atoms with Crippen molar-refractivity contribution in [1.82, 2.24) is 80.6 Å². The van der Waals surface area contributed by atoms with Crippen molar-refractivity contribution in [1.29, 1.82) is 5.26 Å². The number of halogens is 2. The van der Waals surface area contributed by atoms with E-state index in [4.69, 9.17) is 66.3 Å². The van der Waals surface area contributed by atoms with Gasteiger partial charge in [-0.15, -0.1) is 26.6 Å². The average molecular weight is 1690 g/mol. The first-order chi connectivity index (χ1) is 58.4. The van der Waals surface area contributed by atoms with Crippen LogP contribution in [0.3, 0.4) is 0 Å². The van der Waals surface area contributed by atoms with Crippen LogP contribution in [0.1, 0.15) is 87.4 Å². The summed E-state index contributed by atoms with van der Waals surface area (Å²) in [5.74, 6) is -0.218. The van der Waals surface area contributed by atoms with Gasteiger partial charge in [-0.2, -0.15) is 25.5 Å². The number of esters is 1. The number of thiazole rings is 1. The van der Waals surface area contributed by atoms with E-state index in [1.807, 2.05) is 128 Å². The molecule has 0 radical (unpaired) electrons. The topological polar surface area (TPSA) is 423 Å². The molecule has 2 aliphatic heterocycles. The van der Waals surface area contributed by atoms with Crippen LogP contribution in [0.5, 0.6) is 6.01 Å². The number of nitriles is 1. The Bertz CT molecular complexity index is 6410. The predicted octanol–water partition coefficient (Wildman–Crippen LogP) is 15.0. The quantitative estimate of drug-likeness (QED) is 0.0105. The highest BCUT2D eigenvalue weighted by Gasteiger charge is 2.36. The number of thioether (sulfide) groups is 1. The van der Waals surface area contributed by atoms with Crippen LogP contribution in [-0.2, 0) is 19.1 Å². The number of nitrogens with zero attached hydrogens (tertiary/aromatic N) is 15. The Morgan fingerprint density at radius 2 is 1.39 bits per heavy atom. The van der Waals surface area contributed by atoms with Crippen LogP contribution in [0.4, 0.5) is 0 Å². The number of aliphatic hydroxyl groups excluding tert-OH is 1. The lowest BCUT2D eigenvalue weighted by Crippen LogP contribution is -2.43. The van der Waals surface area contributed by atoms with E-state index < -0.39 is 23.7 Å². The van der Waals surface area contributed by atoms with Crippen molar-refractivity contribution in [2.24, 2.45) is 0 Å². The average Bonchev–Trinajstić information content (AvgIpc) is 0.905. The highest BCUT2D eigenvalue weighted by Crippen LogP contribution is 2.38. The van der Waals surface area contributed by atoms with Crippen LogP contribution in [-0.4, -0.2) is 161 Å². The van der Waals surface area contributed by atoms with E-state index in [0.717, 1.165) is 42.0 Å². The number of nitrogens with one attached hydrogen (secondary N) is 2. The van der Waals surface area contributed by atoms with Gasteiger partial charge in [0.25, 0.3) is 29.2 Å². The lowest BCUT2D eigenvalue weighted by atomic mass is 9.94. The molecule has 15 aromatic rings. The molecule has 35 heteroatoms. The summed E-state index contributed by atoms with van der Waals surface area (Å²) in [4.78, 5) is 108. The number of carbonyl (C=O) groups is 6. The number of imide groups is 2. The molecule has 0 unspecified atom stereocenters. The number of hydroxylamine groups is 1. The van der Waals surface area contributed by atoms with Gasteiger partial charge in [-0.25, -0.2) is 29.9 Å². The van der Waals surface area contributed by atoms with Gasteiger partial charge in [0, 0.05) is 65.0 Å². The number of benzene rings is 6. The number of hydrogen-bond donors (Lipinski definition) is 4. The molecule has 0 atom stereocenters. The predicted molar refractivity (Wildman–Crippen MR) is 448 cm³/mol. The Morgan fingerprint density at radius 3 is 2.09 bits per heavy atom. The molecule has 9 aromatic heterocycles. The number of ether oxygens (including phenoxy) is 2. The van der Waals surface area contributed by atoms with Gasteiger partial charge in [0.1, 0.15) is 68.0 Å². The number of amides is 5. The molecule has 602 valence electrons. The van der Waals surface area contributed by atoms with Crippen LogP contribution >= 0.6 is 46.3 Å². The SMILES string of the molecule is COC(=O)c1cc(-c2ccc(/C=C3\C(=O)N(CCCO)C(=O)C(C#N)=C3C)o2)ccc1Cl.COc1nncc(-c2cnnc(SC)n2)n1.Clc1ccc(-n2cc3c(-c4ccco4)nnc(-c4nc5ccccc5s4)c3n2)cc1.O=C(CCCCCN1C(=O)c2cccc3cccc(c23)C1=O)NO.O=c1[nH]c(/C=C/c2ccco2)nc2ccccc12. The number of hydrogen-bond acceptors (Lipinski definition) is 28. The van der Waals surface area contributed by atoms with Crippen molar-refractivity contribution < 1.29 is 61.8 Å². The maximum atomic E-state index is 12.9. The standard InChI is InChI=1S/C23H19ClN2O6.C22H12ClN5OS.C18H18N2O4.C14H10N2O2.C8H8N6OS/c1-13-16(21(28)26(8-3-9-27)22(29)18(13)12-25)11-15-5-7-20(32-15)14-4-6-19(24)17(10-14)23(30)31-2;23-13-7-9-14(10-8-13)28-12-15-19(17-5-3-11-29-17)25-26-21(20(15)27-28)22-24-16-4-1-2-6-18(16)30-22;21-15(19-24)10-2-1-3-11-20-17(22)13-8-4-6-12-7-5-9-14(16(12)13)18(20)23;17-14-11-5-1-2-6-12(11)15-13(16-14)8-7-10-4-3-9-18-10;1-15-7-11-5(3-9-13-7)6-4-10-14-8(12-6)16-2/h4-7,10-11,27H,3,8-9H2,1-2H3;1-12H;4-9,24H,1-3,10-11H2,(H,19,21);1-9H,(H,15,16,17);3-4H,1-2H3/b16-11-;;;8-7+;. The van der Waals surface area contributed by atoms with Crippen molar-refractivity contribution in [2.75, 3.05) is 40.2 Å². The van der Waals surface area contributed by atoms with Gasteiger partial charge in [0.15, 0.2) is 5.76 Å². The molecule has 0 aliphatic carbocycles. The number of methoxy groups -OCH3 is 2. The first-order valence-electron chi connectivity index (χ1n) is 36.6. The molecule has 0 bridgehead atoms. The van der Waals surface area contributed by atoms with Crippen LogP contribution < -0.4 is 15.8 Å². The normalized spacial score (nSPS) is 12.7. The monoisotopic (exact) mass is 1680 g/mol. The Kier molecular flexibility index (Phi) is 27.2. The van der Waals surface area contributed by atoms with E-state index in [0.29, 0.717) is 121 Å². The lowest BCUT2D eigenvalue weighted by Gasteiger charge is -2.27. The molecule has 0 fully saturated rings. The first kappa shape index (κ1) is 83.5. The number of carbonyl (C=O) groups excluding carboxylic acids is 6. The molecule has 120 heavy (non-hydrogen) atoms. The number of H-pyrrole nitrogens is 1. The molecule has 6 aromatic carbocycles. The fourth-order valence-electron chi connectivity index (χ4n) is 12.4. The molecule has 17 rings (SSSR count). The summed E-state index contributed by atoms with van der Waals surface area (Å²) in [5, 5.41) is 61.1. The minimum Gasteiger partial charge on any atom is -0.466 e. The van der Waals surface area contributed by atoms with Crippen LogP contribution in [0.15, 0.2) is 235 Å². The third-order valence-corrected chi connectivity index (χ3v) is 20.4. The van der Waals surface area contributed by atoms with E-state index in [1.54, 1.807) is 94.7 Å². The molecule has 0 saturated heterocycles. The van der Waals surface area contributed by atoms with Gasteiger partial charge in [-0.1, -0.05) is 95.0 Å². The zero-order valence-electron chi connectivity index (χ0n) is 63.9. The van der Waals surface area contributed by atoms with Gasteiger partial charge in [0.2, 0.25) is 11.1 Å². The Labute approximate surface area is 699 Å². The van der Waals surface area contributed by atoms with Gasteiger partial charge < -0.3 is 32.8 Å². The Balaban J connectivity index is 0.000000133. The Hall–Kier alpha value is -14.4. The number of rotatable bonds is 20. The molecule has 5 amide bonds. The van der Waals surface area contributed by atoms with Crippen molar-refractivity contribution in [3.05, 3.63) is 266 Å². The number of aromatic amines is 1. The van der Waals surface area contributed by atoms with Crippen molar-refractivity contribution in [2.45, 2.75) is 44.2 Å². The van der Waals surface area contributed by atoms with Crippen molar-refractivity contribution in [3.63, 3.8) is 0 Å². The zero-order chi connectivity index (χ0) is 84.3. The molecular weight excluding hydrogens is 1620 g/mol. The minimum atomic E-state index is -0.683. The summed E-state index contributed by atoms with van der Waals surface area (Å²) in [5.41, 5.74) is 9.21. The van der Waals surface area contributed by atoms with Crippen LogP contribution in [0, 0.1) is 11.3 Å². The minimum absolute atomic E-state index is 0.00550. The summed E-state index contributed by atoms with van der Waals surface area (Å²) in [6.07, 6.45) is 17.3. The maximum absolute atomic E-state index is 12.9. The van der Waals surface area contributed by atoms with Crippen molar-refractivity contribution in [3.8, 4) is 62.6 Å². The molecule has 0 spiro atoms. The van der Waals surface area contributed by atoms with E-state index in [2.05, 4.69) is 50.5 Å². The number of unbranched alkanes of at least 4 members (excludes halogenated alkanes) is 2. The molecule has 0 saturated carbocycles. The smallest absolute Gasteiger partial charge is 0.339 e. The highest BCUT2D eigenvalue weighted by molar-refractivity contribution is 7.98. The summed E-state index contributed by atoms with van der Waals surface area (Å²) in [7, 11) is 2.73. The zero-order valence-corrected chi connectivity index (χ0v) is 67.1. The van der Waals surface area contributed by atoms with Gasteiger partial charge in [-0.05, 0) is 177 Å². The van der Waals surface area contributed by atoms with E-state index in [1.165, 1.54) is 62.3 Å². The maximum Gasteiger partial charge on any atom is 0.339 e. The third kappa shape index (κ3) is 19.3. The largest absolute Gasteiger partial charge is 0.466 e. The summed E-state index contributed by atoms with van der Waals surface area (Å²) in [6, 6.07) is 51.1. The fraction of sp³-hybridized carbons (Fsp3) is 0.141. The second-order valence-electron chi connectivity index (χ2n) is 25.9. The molecule has 11 heterocycles. The summed E-state index contributed by atoms with van der Waals surface area (Å²) >= 11 is 15.1. The number of aliphatic hydroxyl groups is 1. The van der Waals surface area contributed by atoms with Gasteiger partial charge in [0.05, 0.1) is 81.9 Å². The molecular formula is C85H67Cl2N17O14S2. The van der Waals surface area contributed by atoms with E-state index in [-0.39, 0.29) is 76.7 Å². The van der Waals surface area contributed by atoms with Crippen molar-refractivity contribution >= 4 is 143 Å². The lowest BCUT2D eigenvalue weighted by molar-refractivity contribution is -0.140. The molecule has 2 aliphatic rings. The molecule has 31 nitrogen and oxygen atoms in total. The fourth-order valence-corrected chi connectivity index (χ4v) is 14.0. The number of fused-ring (bicyclic) bond motifs is 3. The molecule has 4 N–H and O–H groups in total. The van der Waals surface area contributed by atoms with E-state index >= 15 is 0 Å². The number of furan rings is 3. The Morgan fingerprint density at radius 1 is 0.683 bits per heavy atom. The van der Waals surface area contributed by atoms with Crippen LogP contribution in [0.25, 0.3) is 112 Å². The number of para-hydroxylation sites is 2. The first-order valence-corrected chi connectivity index (χ1v) is 39.4. The third-order valence-electron chi connectivity index (χ3n) is 18.3. The van der Waals surface area contributed by atoms with Gasteiger partial charge in [-0.3, -0.25) is 43.8 Å². The van der Waals surface area contributed by atoms with E-state index in [9.17, 15) is 38.8 Å². The second kappa shape index (κ2) is 39.0.